The van der Waals surface area contributed by atoms with Crippen LogP contribution in [0.1, 0.15) is 5.56 Å². The molecule has 9 heteroatoms. The summed E-state index contributed by atoms with van der Waals surface area (Å²) in [5, 5.41) is 3.10. The number of halogens is 1. The van der Waals surface area contributed by atoms with Gasteiger partial charge in [0.15, 0.2) is 5.96 Å². The topological polar surface area (TPSA) is 83.0 Å². The van der Waals surface area contributed by atoms with E-state index in [1.165, 1.54) is 0 Å². The van der Waals surface area contributed by atoms with E-state index in [0.717, 1.165) is 17.6 Å². The van der Waals surface area contributed by atoms with Gasteiger partial charge in [0.05, 0.1) is 12.8 Å². The summed E-state index contributed by atoms with van der Waals surface area (Å²) in [4.78, 5) is 6.09. The number of rotatable bonds is 8. The SMILES string of the molecule is CN=C(NCCNS(C)(=O)=O)N(C)CCOc1ccccc1C.I. The summed E-state index contributed by atoms with van der Waals surface area (Å²) >= 11 is 0. The van der Waals surface area contributed by atoms with E-state index in [-0.39, 0.29) is 24.0 Å². The zero-order chi connectivity index (χ0) is 17.3. The molecule has 0 heterocycles. The van der Waals surface area contributed by atoms with Gasteiger partial charge >= 0.3 is 0 Å². The van der Waals surface area contributed by atoms with Crippen molar-refractivity contribution in [2.45, 2.75) is 6.92 Å². The Morgan fingerprint density at radius 1 is 1.29 bits per heavy atom. The van der Waals surface area contributed by atoms with Gasteiger partial charge in [-0.2, -0.15) is 0 Å². The molecule has 0 aromatic heterocycles. The van der Waals surface area contributed by atoms with Crippen LogP contribution in [0.4, 0.5) is 0 Å². The second-order valence-corrected chi connectivity index (χ2v) is 7.01. The monoisotopic (exact) mass is 470 g/mol. The first-order valence-corrected chi connectivity index (χ1v) is 9.27. The molecule has 2 N–H and O–H groups in total. The first kappa shape index (κ1) is 22.9. The van der Waals surface area contributed by atoms with Crippen LogP contribution in [0, 0.1) is 6.92 Å². The minimum atomic E-state index is -3.16. The van der Waals surface area contributed by atoms with E-state index in [2.05, 4.69) is 15.0 Å². The second-order valence-electron chi connectivity index (χ2n) is 5.18. The molecule has 0 aliphatic carbocycles. The molecule has 1 aromatic rings. The molecule has 0 amide bonds. The van der Waals surface area contributed by atoms with Crippen molar-refractivity contribution in [3.05, 3.63) is 29.8 Å². The van der Waals surface area contributed by atoms with Gasteiger partial charge in [-0.15, -0.1) is 24.0 Å². The number of guanidine groups is 1. The van der Waals surface area contributed by atoms with Crippen molar-refractivity contribution in [3.63, 3.8) is 0 Å². The van der Waals surface area contributed by atoms with Gasteiger partial charge in [0.1, 0.15) is 12.4 Å². The lowest BCUT2D eigenvalue weighted by molar-refractivity contribution is 0.280. The molecule has 0 aliphatic rings. The summed E-state index contributed by atoms with van der Waals surface area (Å²) in [6.45, 7) is 3.97. The number of hydrogen-bond acceptors (Lipinski definition) is 4. The highest BCUT2D eigenvalue weighted by Gasteiger charge is 2.06. The molecular formula is C15H27IN4O3S. The molecular weight excluding hydrogens is 443 g/mol. The highest BCUT2D eigenvalue weighted by atomic mass is 127. The van der Waals surface area contributed by atoms with E-state index < -0.39 is 10.0 Å². The number of hydrogen-bond donors (Lipinski definition) is 2. The van der Waals surface area contributed by atoms with Gasteiger partial charge in [0, 0.05) is 27.2 Å². The zero-order valence-corrected chi connectivity index (χ0v) is 17.7. The maximum absolute atomic E-state index is 11.0. The lowest BCUT2D eigenvalue weighted by atomic mass is 10.2. The molecule has 1 rings (SSSR count). The van der Waals surface area contributed by atoms with Crippen molar-refractivity contribution in [1.29, 1.82) is 0 Å². The molecule has 1 aromatic carbocycles. The fourth-order valence-electron chi connectivity index (χ4n) is 1.91. The van der Waals surface area contributed by atoms with Gasteiger partial charge in [-0.25, -0.2) is 13.1 Å². The summed E-state index contributed by atoms with van der Waals surface area (Å²) in [7, 11) is 0.427. The fourth-order valence-corrected chi connectivity index (χ4v) is 2.39. The van der Waals surface area contributed by atoms with Gasteiger partial charge in [-0.05, 0) is 18.6 Å². The number of nitrogens with zero attached hydrogens (tertiary/aromatic N) is 2. The fraction of sp³-hybridized carbons (Fsp3) is 0.533. The van der Waals surface area contributed by atoms with Crippen LogP contribution in [0.15, 0.2) is 29.3 Å². The molecule has 0 spiro atoms. The Kier molecular flexibility index (Phi) is 11.0. The number of benzene rings is 1. The highest BCUT2D eigenvalue weighted by Crippen LogP contribution is 2.15. The van der Waals surface area contributed by atoms with Crippen LogP contribution in [-0.4, -0.2) is 65.9 Å². The third-order valence-corrected chi connectivity index (χ3v) is 3.85. The van der Waals surface area contributed by atoms with Crippen LogP contribution in [-0.2, 0) is 10.0 Å². The van der Waals surface area contributed by atoms with Gasteiger partial charge in [0.25, 0.3) is 0 Å². The third-order valence-electron chi connectivity index (χ3n) is 3.12. The van der Waals surface area contributed by atoms with E-state index in [1.807, 2.05) is 43.1 Å². The predicted molar refractivity (Wildman–Crippen MR) is 109 cm³/mol. The minimum absolute atomic E-state index is 0. The molecule has 138 valence electrons. The summed E-state index contributed by atoms with van der Waals surface area (Å²) < 4.78 is 30.2. The summed E-state index contributed by atoms with van der Waals surface area (Å²) in [5.41, 5.74) is 1.10. The Morgan fingerprint density at radius 3 is 2.54 bits per heavy atom. The summed E-state index contributed by atoms with van der Waals surface area (Å²) in [6, 6.07) is 7.87. The average molecular weight is 470 g/mol. The number of aryl methyl sites for hydroxylation is 1. The average Bonchev–Trinajstić information content (AvgIpc) is 2.48. The molecule has 0 atom stereocenters. The molecule has 0 radical (unpaired) electrons. The molecule has 7 nitrogen and oxygen atoms in total. The maximum Gasteiger partial charge on any atom is 0.208 e. The Labute approximate surface area is 161 Å². The Morgan fingerprint density at radius 2 is 1.96 bits per heavy atom. The first-order chi connectivity index (χ1) is 10.8. The molecule has 0 unspecified atom stereocenters. The van der Waals surface area contributed by atoms with Gasteiger partial charge in [-0.1, -0.05) is 18.2 Å². The van der Waals surface area contributed by atoms with Crippen LogP contribution in [0.3, 0.4) is 0 Å². The normalized spacial score (nSPS) is 11.6. The van der Waals surface area contributed by atoms with Crippen molar-refractivity contribution in [2.75, 3.05) is 46.6 Å². The van der Waals surface area contributed by atoms with Crippen LogP contribution in [0.2, 0.25) is 0 Å². The highest BCUT2D eigenvalue weighted by molar-refractivity contribution is 14.0. The number of para-hydroxylation sites is 1. The van der Waals surface area contributed by atoms with Crippen molar-refractivity contribution in [1.82, 2.24) is 14.9 Å². The molecule has 0 saturated heterocycles. The number of sulfonamides is 1. The summed E-state index contributed by atoms with van der Waals surface area (Å²) in [5.74, 6) is 1.56. The smallest absolute Gasteiger partial charge is 0.208 e. The number of aliphatic imine (C=N–C) groups is 1. The number of likely N-dealkylation sites (N-methyl/N-ethyl adjacent to an activating group) is 1. The van der Waals surface area contributed by atoms with Crippen molar-refractivity contribution < 1.29 is 13.2 Å². The minimum Gasteiger partial charge on any atom is -0.491 e. The van der Waals surface area contributed by atoms with Crippen LogP contribution >= 0.6 is 24.0 Å². The largest absolute Gasteiger partial charge is 0.491 e. The Hall–Kier alpha value is -1.07. The molecule has 0 bridgehead atoms. The van der Waals surface area contributed by atoms with Crippen LogP contribution in [0.5, 0.6) is 5.75 Å². The van der Waals surface area contributed by atoms with E-state index in [4.69, 9.17) is 4.74 Å². The first-order valence-electron chi connectivity index (χ1n) is 7.38. The number of ether oxygens (including phenoxy) is 1. The van der Waals surface area contributed by atoms with Crippen LogP contribution < -0.4 is 14.8 Å². The summed E-state index contributed by atoms with van der Waals surface area (Å²) in [6.07, 6.45) is 1.14. The zero-order valence-electron chi connectivity index (χ0n) is 14.6. The lowest BCUT2D eigenvalue weighted by Gasteiger charge is -2.22. The van der Waals surface area contributed by atoms with Gasteiger partial charge in [0.2, 0.25) is 10.0 Å². The quantitative estimate of drug-likeness (QED) is 0.257. The molecule has 0 fully saturated rings. The maximum atomic E-state index is 11.0. The number of nitrogens with one attached hydrogen (secondary N) is 2. The standard InChI is InChI=1S/C15H26N4O3S.HI/c1-13-7-5-6-8-14(13)22-12-11-19(3)15(16-2)17-9-10-18-23(4,20)21;/h5-8,18H,9-12H2,1-4H3,(H,16,17);1H. The van der Waals surface area contributed by atoms with Crippen LogP contribution in [0.25, 0.3) is 0 Å². The predicted octanol–water partition coefficient (Wildman–Crippen LogP) is 1.05. The van der Waals surface area contributed by atoms with Crippen molar-refractivity contribution in [3.8, 4) is 5.75 Å². The van der Waals surface area contributed by atoms with E-state index in [1.54, 1.807) is 7.05 Å². The molecule has 0 saturated carbocycles. The van der Waals surface area contributed by atoms with Crippen molar-refractivity contribution in [2.24, 2.45) is 4.99 Å². The van der Waals surface area contributed by atoms with E-state index >= 15 is 0 Å². The van der Waals surface area contributed by atoms with Crippen molar-refractivity contribution >= 4 is 40.0 Å². The Balaban J connectivity index is 0.00000529. The second kappa shape index (κ2) is 11.5. The van der Waals surface area contributed by atoms with E-state index in [9.17, 15) is 8.42 Å². The third kappa shape index (κ3) is 9.28. The molecule has 0 aliphatic heterocycles. The van der Waals surface area contributed by atoms with Gasteiger partial charge < -0.3 is 15.0 Å². The van der Waals surface area contributed by atoms with Gasteiger partial charge in [-0.3, -0.25) is 4.99 Å². The Bertz CT molecular complexity index is 623. The lowest BCUT2D eigenvalue weighted by Crippen LogP contribution is -2.43. The van der Waals surface area contributed by atoms with E-state index in [0.29, 0.717) is 32.2 Å². The molecule has 24 heavy (non-hydrogen) atoms.